The fourth-order valence-corrected chi connectivity index (χ4v) is 6.99. The van der Waals surface area contributed by atoms with Crippen LogP contribution in [0.1, 0.15) is 45.1 Å². The minimum Gasteiger partial charge on any atom is -0.361 e. The highest BCUT2D eigenvalue weighted by molar-refractivity contribution is 8.15. The normalized spacial score (nSPS) is 19.6. The van der Waals surface area contributed by atoms with Crippen LogP contribution >= 0.6 is 34.4 Å². The van der Waals surface area contributed by atoms with Gasteiger partial charge >= 0.3 is 0 Å². The van der Waals surface area contributed by atoms with Gasteiger partial charge in [0.2, 0.25) is 0 Å². The molecule has 1 aliphatic rings. The van der Waals surface area contributed by atoms with Gasteiger partial charge in [-0.1, -0.05) is 11.8 Å². The number of methoxy groups -OCH3 is 1. The number of nitrogens with two attached hydrogens (primary N) is 1. The highest BCUT2D eigenvalue weighted by Gasteiger charge is 2.55. The Balaban J connectivity index is 1.90. The zero-order valence-electron chi connectivity index (χ0n) is 19.7. The summed E-state index contributed by atoms with van der Waals surface area (Å²) in [5.74, 6) is -1.73. The number of hydrogen-bond donors (Lipinski definition) is 1. The summed E-state index contributed by atoms with van der Waals surface area (Å²) in [6.07, 6.45) is 4.33. The van der Waals surface area contributed by atoms with Crippen LogP contribution in [0.15, 0.2) is 35.7 Å². The van der Waals surface area contributed by atoms with E-state index < -0.39 is 28.0 Å². The minimum atomic E-state index is -1.46. The van der Waals surface area contributed by atoms with Crippen LogP contribution in [0.25, 0.3) is 0 Å². The SMILES string of the molecule is CO[C@@](C)(C(=O)N1N=C(c2cc(F)ccc2F)SC1(CCCN)c1ncc(C)s1)c1ncc(C)s1. The van der Waals surface area contributed by atoms with Gasteiger partial charge in [-0.05, 0) is 58.4 Å². The van der Waals surface area contributed by atoms with E-state index in [1.807, 2.05) is 13.8 Å². The molecule has 0 bridgehead atoms. The third kappa shape index (κ3) is 4.65. The van der Waals surface area contributed by atoms with Crippen molar-refractivity contribution in [2.24, 2.45) is 10.8 Å². The maximum absolute atomic E-state index is 14.8. The van der Waals surface area contributed by atoms with Crippen molar-refractivity contribution in [3.05, 3.63) is 67.6 Å². The van der Waals surface area contributed by atoms with Gasteiger partial charge in [0.25, 0.3) is 5.91 Å². The Kier molecular flexibility index (Phi) is 7.39. The van der Waals surface area contributed by atoms with E-state index in [1.165, 1.54) is 46.6 Å². The molecule has 12 heteroatoms. The van der Waals surface area contributed by atoms with E-state index in [0.29, 0.717) is 29.4 Å². The van der Waals surface area contributed by atoms with Crippen LogP contribution in [-0.4, -0.2) is 39.6 Å². The molecule has 0 aliphatic carbocycles. The largest absolute Gasteiger partial charge is 0.361 e. The second-order valence-electron chi connectivity index (χ2n) is 8.21. The lowest BCUT2D eigenvalue weighted by Crippen LogP contribution is -2.50. The van der Waals surface area contributed by atoms with Gasteiger partial charge in [0.1, 0.15) is 26.7 Å². The van der Waals surface area contributed by atoms with Crippen molar-refractivity contribution in [2.45, 2.75) is 44.1 Å². The Morgan fingerprint density at radius 1 is 1.20 bits per heavy atom. The van der Waals surface area contributed by atoms with E-state index in [1.54, 1.807) is 19.3 Å². The van der Waals surface area contributed by atoms with Crippen molar-refractivity contribution in [3.8, 4) is 0 Å². The van der Waals surface area contributed by atoms with Crippen LogP contribution in [0, 0.1) is 25.5 Å². The van der Waals surface area contributed by atoms with E-state index in [0.717, 1.165) is 28.0 Å². The number of ether oxygens (including phenoxy) is 1. The number of nitrogens with zero attached hydrogens (tertiary/aromatic N) is 4. The van der Waals surface area contributed by atoms with Gasteiger partial charge in [0, 0.05) is 34.8 Å². The van der Waals surface area contributed by atoms with Crippen molar-refractivity contribution >= 4 is 45.4 Å². The summed E-state index contributed by atoms with van der Waals surface area (Å²) in [6.45, 7) is 5.80. The second-order valence-corrected chi connectivity index (χ2v) is 12.0. The zero-order valence-corrected chi connectivity index (χ0v) is 22.1. The Morgan fingerprint density at radius 2 is 1.91 bits per heavy atom. The summed E-state index contributed by atoms with van der Waals surface area (Å²) in [5, 5.41) is 7.15. The first-order valence-corrected chi connectivity index (χ1v) is 13.3. The highest BCUT2D eigenvalue weighted by Crippen LogP contribution is 2.53. The molecule has 0 radical (unpaired) electrons. The summed E-state index contributed by atoms with van der Waals surface area (Å²) in [6, 6.07) is 3.17. The molecule has 1 amide bonds. The van der Waals surface area contributed by atoms with Gasteiger partial charge in [0.05, 0.1) is 0 Å². The second kappa shape index (κ2) is 10.0. The summed E-state index contributed by atoms with van der Waals surface area (Å²) in [4.78, 5) is 23.9. The highest BCUT2D eigenvalue weighted by atomic mass is 32.2. The molecule has 186 valence electrons. The molecule has 7 nitrogen and oxygen atoms in total. The molecule has 1 aliphatic heterocycles. The number of thioether (sulfide) groups is 1. The molecule has 2 aromatic heterocycles. The number of aryl methyl sites for hydroxylation is 2. The van der Waals surface area contributed by atoms with E-state index >= 15 is 0 Å². The predicted octanol–water partition coefficient (Wildman–Crippen LogP) is 4.89. The molecule has 0 fully saturated rings. The van der Waals surface area contributed by atoms with Gasteiger partial charge in [-0.25, -0.2) is 23.8 Å². The smallest absolute Gasteiger partial charge is 0.283 e. The van der Waals surface area contributed by atoms with Gasteiger partial charge in [-0.15, -0.1) is 22.7 Å². The van der Waals surface area contributed by atoms with Crippen molar-refractivity contribution in [1.82, 2.24) is 15.0 Å². The quantitative estimate of drug-likeness (QED) is 0.440. The van der Waals surface area contributed by atoms with E-state index in [2.05, 4.69) is 15.1 Å². The number of halogens is 2. The average Bonchev–Trinajstić information content (AvgIpc) is 3.57. The third-order valence-corrected chi connectivity index (χ3v) is 9.38. The molecule has 35 heavy (non-hydrogen) atoms. The molecule has 3 heterocycles. The third-order valence-electron chi connectivity index (χ3n) is 5.67. The first-order valence-electron chi connectivity index (χ1n) is 10.8. The number of hydrazone groups is 1. The van der Waals surface area contributed by atoms with Crippen LogP contribution in [0.5, 0.6) is 0 Å². The predicted molar refractivity (Wildman–Crippen MR) is 135 cm³/mol. The lowest BCUT2D eigenvalue weighted by molar-refractivity contribution is -0.158. The fraction of sp³-hybridized carbons (Fsp3) is 0.391. The van der Waals surface area contributed by atoms with E-state index in [-0.39, 0.29) is 10.6 Å². The molecule has 3 aromatic rings. The first kappa shape index (κ1) is 25.8. The lowest BCUT2D eigenvalue weighted by Gasteiger charge is -2.37. The van der Waals surface area contributed by atoms with Crippen molar-refractivity contribution < 1.29 is 18.3 Å². The molecule has 0 saturated heterocycles. The van der Waals surface area contributed by atoms with Crippen LogP contribution in [-0.2, 0) is 20.0 Å². The number of amides is 1. The van der Waals surface area contributed by atoms with Crippen molar-refractivity contribution in [2.75, 3.05) is 13.7 Å². The molecule has 0 saturated carbocycles. The van der Waals surface area contributed by atoms with E-state index in [4.69, 9.17) is 10.5 Å². The molecule has 2 N–H and O–H groups in total. The summed E-state index contributed by atoms with van der Waals surface area (Å²) in [5.41, 5.74) is 4.37. The number of hydrogen-bond acceptors (Lipinski definition) is 9. The number of rotatable bonds is 8. The molecular formula is C23H25F2N5O2S3. The van der Waals surface area contributed by atoms with Crippen LogP contribution in [0.4, 0.5) is 8.78 Å². The molecule has 2 atom stereocenters. The minimum absolute atomic E-state index is 0.0279. The fourth-order valence-electron chi connectivity index (χ4n) is 3.69. The van der Waals surface area contributed by atoms with Crippen LogP contribution < -0.4 is 5.73 Å². The Hall–Kier alpha value is -2.25. The summed E-state index contributed by atoms with van der Waals surface area (Å²) < 4.78 is 34.6. The Bertz CT molecular complexity index is 1280. The Labute approximate surface area is 214 Å². The number of carbonyl (C=O) groups excluding carboxylic acids is 1. The number of aromatic nitrogens is 2. The topological polar surface area (TPSA) is 93.7 Å². The maximum Gasteiger partial charge on any atom is 0.283 e. The lowest BCUT2D eigenvalue weighted by atomic mass is 10.0. The Morgan fingerprint density at radius 3 is 2.51 bits per heavy atom. The number of carbonyl (C=O) groups is 1. The van der Waals surface area contributed by atoms with Gasteiger partial charge < -0.3 is 10.5 Å². The summed E-state index contributed by atoms with van der Waals surface area (Å²) in [7, 11) is 1.43. The monoisotopic (exact) mass is 537 g/mol. The average molecular weight is 538 g/mol. The van der Waals surface area contributed by atoms with Crippen molar-refractivity contribution in [3.63, 3.8) is 0 Å². The molecule has 1 aromatic carbocycles. The first-order chi connectivity index (χ1) is 16.6. The number of benzene rings is 1. The number of thiazole rings is 2. The molecule has 0 spiro atoms. The molecule has 1 unspecified atom stereocenters. The van der Waals surface area contributed by atoms with Gasteiger partial charge in [0.15, 0.2) is 10.5 Å². The van der Waals surface area contributed by atoms with Crippen LogP contribution in [0.2, 0.25) is 0 Å². The maximum atomic E-state index is 14.8. The molecular weight excluding hydrogens is 512 g/mol. The summed E-state index contributed by atoms with van der Waals surface area (Å²) >= 11 is 3.93. The zero-order chi connectivity index (χ0) is 25.4. The van der Waals surface area contributed by atoms with Crippen molar-refractivity contribution in [1.29, 1.82) is 0 Å². The van der Waals surface area contributed by atoms with Gasteiger partial charge in [-0.2, -0.15) is 5.10 Å². The van der Waals surface area contributed by atoms with Gasteiger partial charge in [-0.3, -0.25) is 4.79 Å². The molecule has 4 rings (SSSR count). The van der Waals surface area contributed by atoms with E-state index in [9.17, 15) is 13.6 Å². The van der Waals surface area contributed by atoms with Crippen LogP contribution in [0.3, 0.4) is 0 Å². The standard InChI is InChI=1S/C23H25F2N5O2S3/c1-13-11-27-19(33-13)22(3,32-4)21(31)30-23(8-5-9-26,20-28-12-14(2)34-20)35-18(29-30)16-10-15(24)6-7-17(16)25/h6-7,10-12H,5,8-9,26H2,1-4H3/t22-,23?/m1/s1.